The van der Waals surface area contributed by atoms with E-state index in [0.717, 1.165) is 29.6 Å². The monoisotopic (exact) mass is 1120 g/mol. The number of pyridine rings is 1. The van der Waals surface area contributed by atoms with E-state index in [0.29, 0.717) is 27.8 Å². The van der Waals surface area contributed by atoms with Gasteiger partial charge in [-0.2, -0.15) is 15.8 Å². The molecule has 8 rings (SSSR count). The summed E-state index contributed by atoms with van der Waals surface area (Å²) in [5.74, 6) is -1.80. The quantitative estimate of drug-likeness (QED) is 0.0586. The average molecular weight is 1120 g/mol. The number of aromatic nitrogens is 1. The lowest BCUT2D eigenvalue weighted by atomic mass is 10.1. The predicted octanol–water partition coefficient (Wildman–Crippen LogP) is 14.8. The van der Waals surface area contributed by atoms with E-state index in [-0.39, 0.29) is 43.1 Å². The van der Waals surface area contributed by atoms with E-state index in [1.54, 1.807) is 84.7 Å². The topological polar surface area (TPSA) is 171 Å². The second-order valence-corrected chi connectivity index (χ2v) is 21.4. The van der Waals surface area contributed by atoms with Crippen molar-refractivity contribution < 1.29 is 37.3 Å². The number of carbonyl (C=O) groups excluding carboxylic acids is 2. The van der Waals surface area contributed by atoms with Crippen LogP contribution in [-0.4, -0.2) is 39.3 Å². The molecule has 0 unspecified atom stereocenters. The summed E-state index contributed by atoms with van der Waals surface area (Å²) in [7, 11) is 0. The van der Waals surface area contributed by atoms with Crippen molar-refractivity contribution in [1.82, 2.24) is 9.88 Å². The van der Waals surface area contributed by atoms with Gasteiger partial charge in [0, 0.05) is 36.2 Å². The molecule has 1 aliphatic heterocycles. The number of hydrogen-bond donors (Lipinski definition) is 0. The van der Waals surface area contributed by atoms with Crippen molar-refractivity contribution in [3.63, 3.8) is 0 Å². The zero-order valence-corrected chi connectivity index (χ0v) is 44.5. The Balaban J connectivity index is 0.000000189. The number of ether oxygens (including phenoxy) is 4. The number of nitriles is 3. The van der Waals surface area contributed by atoms with E-state index in [1.807, 2.05) is 64.2 Å². The van der Waals surface area contributed by atoms with Crippen LogP contribution in [0, 0.1) is 80.3 Å². The van der Waals surface area contributed by atoms with E-state index in [2.05, 4.69) is 14.9 Å². The highest BCUT2D eigenvalue weighted by atomic mass is 35.5. The van der Waals surface area contributed by atoms with Gasteiger partial charge in [-0.3, -0.25) is 9.59 Å². The molecular formula is C54H45Cl5F2N6O6S. The Kier molecular flexibility index (Phi) is 19.8. The number of nitrogens with zero attached hydrogens (tertiary/aromatic N) is 6. The van der Waals surface area contributed by atoms with Gasteiger partial charge in [-0.05, 0) is 95.0 Å². The van der Waals surface area contributed by atoms with E-state index in [4.69, 9.17) is 82.2 Å². The van der Waals surface area contributed by atoms with Gasteiger partial charge in [0.15, 0.2) is 28.3 Å². The van der Waals surface area contributed by atoms with Gasteiger partial charge in [-0.25, -0.2) is 13.8 Å². The molecule has 4 aromatic carbocycles. The highest BCUT2D eigenvalue weighted by Gasteiger charge is 2.63. The van der Waals surface area contributed by atoms with Crippen molar-refractivity contribution in [2.75, 3.05) is 12.3 Å². The van der Waals surface area contributed by atoms with Crippen LogP contribution in [-0.2, 0) is 25.6 Å². The average Bonchev–Trinajstić information content (AvgIpc) is 3.99. The fraction of sp³-hybridized carbons (Fsp3) is 0.278. The van der Waals surface area contributed by atoms with Gasteiger partial charge in [0.05, 0.1) is 11.8 Å². The summed E-state index contributed by atoms with van der Waals surface area (Å²) in [5.41, 5.74) is 0.938. The smallest absolute Gasteiger partial charge is 0.311 e. The van der Waals surface area contributed by atoms with Crippen molar-refractivity contribution in [3.8, 4) is 41.3 Å². The number of halogens is 7. The van der Waals surface area contributed by atoms with Crippen LogP contribution < -0.4 is 9.47 Å². The molecule has 1 saturated heterocycles. The van der Waals surface area contributed by atoms with E-state index in [9.17, 15) is 28.9 Å². The number of rotatable bonds is 14. The zero-order chi connectivity index (χ0) is 53.7. The number of para-hydroxylation sites is 2. The second-order valence-electron chi connectivity index (χ2n) is 17.9. The molecule has 0 amide bonds. The molecule has 0 radical (unpaired) electrons. The molecule has 2 aliphatic carbocycles. The number of hydrogen-bond acceptors (Lipinski definition) is 12. The fourth-order valence-corrected chi connectivity index (χ4v) is 9.66. The normalized spacial score (nSPS) is 19.6. The molecule has 3 aliphatic rings. The molecule has 74 heavy (non-hydrogen) atoms. The third kappa shape index (κ3) is 15.1. The highest BCUT2D eigenvalue weighted by Crippen LogP contribution is 2.61. The standard InChI is InChI=1S/2C22H18Cl2FNO3.C10H9ClN4S/c2*1-22(2)15(11-19(23)24)20(22)21(27)29-18(12-26)13-8-9-16(25)17(10-13)28-14-6-4-3-5-7-14;11-9-2-1-8(5-13-9)6-15-3-4-16-10(15)14-7-12/h2*3-11,15,18,20H,1-2H3;1-2,5H,3-4,6H2/t15-,18+,20+;15-,18+,20-;/m00./s1. The molecule has 3 fully saturated rings. The SMILES string of the molecule is CC1(C)[C@@H](C=C(Cl)Cl)[C@@H]1C(=O)O[C@H](C#N)c1ccc(F)c(Oc2ccccc2)c1.CC1(C)[C@H](C(=O)O[C@H](C#N)c2ccc(F)c(Oc3ccccc3)c2)[C@@H]1C=C(Cl)Cl.N#CN=C1SCCN1Cc1ccc(Cl)nc1. The summed E-state index contributed by atoms with van der Waals surface area (Å²) in [6, 6.07) is 32.8. The van der Waals surface area contributed by atoms with Gasteiger partial charge < -0.3 is 23.8 Å². The molecule has 0 spiro atoms. The van der Waals surface area contributed by atoms with Crippen molar-refractivity contribution >= 4 is 86.9 Å². The van der Waals surface area contributed by atoms with Crippen LogP contribution >= 0.6 is 69.8 Å². The minimum atomic E-state index is -1.20. The lowest BCUT2D eigenvalue weighted by Gasteiger charge is -2.16. The first-order valence-corrected chi connectivity index (χ1v) is 25.4. The summed E-state index contributed by atoms with van der Waals surface area (Å²) in [6.07, 6.45) is 4.36. The third-order valence-electron chi connectivity index (χ3n) is 12.3. The van der Waals surface area contributed by atoms with E-state index < -0.39 is 47.6 Å². The molecule has 2 saturated carbocycles. The van der Waals surface area contributed by atoms with Crippen molar-refractivity contribution in [2.45, 2.75) is 46.4 Å². The zero-order valence-electron chi connectivity index (χ0n) is 39.9. The number of benzene rings is 4. The number of esters is 2. The molecule has 1 aromatic heterocycles. The first-order valence-electron chi connectivity index (χ1n) is 22.5. The van der Waals surface area contributed by atoms with Crippen LogP contribution in [0.1, 0.15) is 56.6 Å². The predicted molar refractivity (Wildman–Crippen MR) is 281 cm³/mol. The van der Waals surface area contributed by atoms with Crippen LogP contribution in [0.5, 0.6) is 23.0 Å². The van der Waals surface area contributed by atoms with E-state index >= 15 is 0 Å². The summed E-state index contributed by atoms with van der Waals surface area (Å²) in [5, 5.41) is 28.8. The molecule has 0 bridgehead atoms. The first kappa shape index (κ1) is 56.9. The minimum absolute atomic E-state index is 0.0634. The molecule has 382 valence electrons. The van der Waals surface area contributed by atoms with Gasteiger partial charge in [0.2, 0.25) is 18.4 Å². The molecular weight excluding hydrogens is 1080 g/mol. The Morgan fingerprint density at radius 1 is 0.743 bits per heavy atom. The molecule has 2 heterocycles. The van der Waals surface area contributed by atoms with Crippen LogP contribution in [0.3, 0.4) is 0 Å². The van der Waals surface area contributed by atoms with Crippen molar-refractivity contribution in [3.05, 3.63) is 170 Å². The maximum absolute atomic E-state index is 14.2. The lowest BCUT2D eigenvalue weighted by molar-refractivity contribution is -0.150. The van der Waals surface area contributed by atoms with Crippen LogP contribution in [0.25, 0.3) is 0 Å². The van der Waals surface area contributed by atoms with Gasteiger partial charge in [-0.15, -0.1) is 4.99 Å². The molecule has 12 nitrogen and oxygen atoms in total. The number of aliphatic imine (C=N–C) groups is 1. The second kappa shape index (κ2) is 25.7. The van der Waals surface area contributed by atoms with Gasteiger partial charge in [0.1, 0.15) is 37.8 Å². The maximum Gasteiger partial charge on any atom is 0.311 e. The molecule has 20 heteroatoms. The van der Waals surface area contributed by atoms with Crippen molar-refractivity contribution in [1.29, 1.82) is 15.8 Å². The minimum Gasteiger partial charge on any atom is -0.454 e. The molecule has 5 aromatic rings. The lowest BCUT2D eigenvalue weighted by Crippen LogP contribution is -2.23. The Hall–Kier alpha value is -6.35. The van der Waals surface area contributed by atoms with Gasteiger partial charge >= 0.3 is 11.9 Å². The van der Waals surface area contributed by atoms with E-state index in [1.165, 1.54) is 36.4 Å². The number of thioether (sulfide) groups is 1. The maximum atomic E-state index is 14.2. The highest BCUT2D eigenvalue weighted by molar-refractivity contribution is 8.14. The summed E-state index contributed by atoms with van der Waals surface area (Å²) < 4.78 is 50.4. The van der Waals surface area contributed by atoms with Crippen LogP contribution in [0.2, 0.25) is 5.15 Å². The Morgan fingerprint density at radius 2 is 1.20 bits per heavy atom. The summed E-state index contributed by atoms with van der Waals surface area (Å²) in [4.78, 5) is 35.1. The Morgan fingerprint density at radius 3 is 1.59 bits per heavy atom. The number of allylic oxidation sites excluding steroid dienone is 2. The summed E-state index contributed by atoms with van der Waals surface area (Å²) >= 11 is 30.2. The van der Waals surface area contributed by atoms with Crippen LogP contribution in [0.4, 0.5) is 8.78 Å². The Bertz CT molecular complexity index is 2870. The Labute approximate surface area is 456 Å². The van der Waals surface area contributed by atoms with Crippen molar-refractivity contribution in [2.24, 2.45) is 39.5 Å². The number of carbonyl (C=O) groups is 2. The van der Waals surface area contributed by atoms with Gasteiger partial charge in [0.25, 0.3) is 0 Å². The molecule has 6 atom stereocenters. The number of amidine groups is 1. The van der Waals surface area contributed by atoms with Crippen LogP contribution in [0.15, 0.2) is 142 Å². The largest absolute Gasteiger partial charge is 0.454 e. The summed E-state index contributed by atoms with van der Waals surface area (Å²) in [6.45, 7) is 9.19. The van der Waals surface area contributed by atoms with Gasteiger partial charge in [-0.1, -0.05) is 152 Å². The first-order chi connectivity index (χ1) is 35.3. The fourth-order valence-electron chi connectivity index (χ4n) is 8.07. The molecule has 0 N–H and O–H groups in total. The third-order valence-corrected chi connectivity index (χ3v) is 14.0.